The van der Waals surface area contributed by atoms with Crippen molar-refractivity contribution in [3.8, 4) is 5.75 Å². The Morgan fingerprint density at radius 3 is 2.85 bits per heavy atom. The molecular weight excluding hydrogens is 368 g/mol. The van der Waals surface area contributed by atoms with Crippen LogP contribution in [0, 0.1) is 0 Å². The van der Waals surface area contributed by atoms with Gasteiger partial charge in [0.1, 0.15) is 10.1 Å². The largest absolute Gasteiger partial charge is 0.496 e. The number of carbonyl (C=O) groups is 2. The Balaban J connectivity index is 1.61. The van der Waals surface area contributed by atoms with Crippen LogP contribution in [-0.4, -0.2) is 40.7 Å². The average molecular weight is 391 g/mol. The lowest BCUT2D eigenvalue weighted by Gasteiger charge is -2.16. The van der Waals surface area contributed by atoms with E-state index in [1.807, 2.05) is 24.3 Å². The molecule has 0 unspecified atom stereocenters. The maximum Gasteiger partial charge on any atom is 0.266 e. The molecular formula is C19H22N2O3S2. The maximum atomic E-state index is 12.7. The first-order valence-corrected chi connectivity index (χ1v) is 9.98. The predicted molar refractivity (Wildman–Crippen MR) is 108 cm³/mol. The summed E-state index contributed by atoms with van der Waals surface area (Å²) in [6, 6.07) is 7.80. The Morgan fingerprint density at radius 2 is 2.12 bits per heavy atom. The van der Waals surface area contributed by atoms with Gasteiger partial charge < -0.3 is 10.1 Å². The van der Waals surface area contributed by atoms with Crippen LogP contribution in [0.2, 0.25) is 0 Å². The van der Waals surface area contributed by atoms with Crippen LogP contribution in [0.1, 0.15) is 37.7 Å². The normalized spacial score (nSPS) is 19.4. The zero-order chi connectivity index (χ0) is 18.5. The number of nitrogens with zero attached hydrogens (tertiary/aromatic N) is 1. The number of methoxy groups -OCH3 is 1. The molecule has 1 aromatic rings. The van der Waals surface area contributed by atoms with Crippen LogP contribution in [0.3, 0.4) is 0 Å². The fourth-order valence-corrected chi connectivity index (χ4v) is 4.50. The molecule has 5 nitrogen and oxygen atoms in total. The van der Waals surface area contributed by atoms with Gasteiger partial charge in [0.05, 0.1) is 12.0 Å². The van der Waals surface area contributed by atoms with Crippen LogP contribution < -0.4 is 10.1 Å². The zero-order valence-electron chi connectivity index (χ0n) is 14.7. The van der Waals surface area contributed by atoms with Gasteiger partial charge in [0.15, 0.2) is 0 Å². The lowest BCUT2D eigenvalue weighted by atomic mass is 10.2. The fraction of sp³-hybridized carbons (Fsp3) is 0.421. The fourth-order valence-electron chi connectivity index (χ4n) is 3.20. The minimum Gasteiger partial charge on any atom is -0.496 e. The number of amides is 2. The molecule has 0 radical (unpaired) electrons. The highest BCUT2D eigenvalue weighted by Gasteiger charge is 2.32. The third-order valence-electron chi connectivity index (χ3n) is 4.58. The number of thiocarbonyl (C=S) groups is 1. The van der Waals surface area contributed by atoms with Crippen molar-refractivity contribution in [3.63, 3.8) is 0 Å². The molecule has 0 aromatic heterocycles. The maximum absolute atomic E-state index is 12.7. The molecule has 1 aliphatic heterocycles. The van der Waals surface area contributed by atoms with E-state index in [1.54, 1.807) is 13.2 Å². The van der Waals surface area contributed by atoms with Crippen molar-refractivity contribution in [2.24, 2.45) is 0 Å². The third-order valence-corrected chi connectivity index (χ3v) is 5.96. The zero-order valence-corrected chi connectivity index (χ0v) is 16.3. The van der Waals surface area contributed by atoms with E-state index in [0.29, 0.717) is 27.6 Å². The minimum atomic E-state index is -0.153. The third kappa shape index (κ3) is 4.45. The number of benzene rings is 1. The van der Waals surface area contributed by atoms with Gasteiger partial charge in [-0.15, -0.1) is 0 Å². The van der Waals surface area contributed by atoms with Crippen LogP contribution >= 0.6 is 24.0 Å². The highest BCUT2D eigenvalue weighted by Crippen LogP contribution is 2.34. The van der Waals surface area contributed by atoms with Gasteiger partial charge in [-0.3, -0.25) is 14.5 Å². The molecule has 1 aromatic carbocycles. The van der Waals surface area contributed by atoms with E-state index < -0.39 is 0 Å². The summed E-state index contributed by atoms with van der Waals surface area (Å²) < 4.78 is 5.81. The quantitative estimate of drug-likeness (QED) is 0.596. The van der Waals surface area contributed by atoms with Gasteiger partial charge in [-0.1, -0.05) is 55.0 Å². The number of rotatable bonds is 6. The molecule has 1 saturated carbocycles. The molecule has 1 heterocycles. The van der Waals surface area contributed by atoms with Gasteiger partial charge >= 0.3 is 0 Å². The molecule has 138 valence electrons. The van der Waals surface area contributed by atoms with Crippen molar-refractivity contribution in [3.05, 3.63) is 34.7 Å². The summed E-state index contributed by atoms with van der Waals surface area (Å²) in [7, 11) is 1.60. The molecule has 26 heavy (non-hydrogen) atoms. The van der Waals surface area contributed by atoms with Gasteiger partial charge in [-0.25, -0.2) is 0 Å². The first-order chi connectivity index (χ1) is 12.6. The van der Waals surface area contributed by atoms with Gasteiger partial charge in [0.25, 0.3) is 5.91 Å². The van der Waals surface area contributed by atoms with Crippen molar-refractivity contribution in [2.75, 3.05) is 13.7 Å². The highest BCUT2D eigenvalue weighted by atomic mass is 32.2. The molecule has 1 saturated heterocycles. The van der Waals surface area contributed by atoms with Crippen LogP contribution in [-0.2, 0) is 9.59 Å². The van der Waals surface area contributed by atoms with Crippen molar-refractivity contribution >= 4 is 46.2 Å². The Bertz CT molecular complexity index is 742. The van der Waals surface area contributed by atoms with Gasteiger partial charge in [0, 0.05) is 24.6 Å². The monoisotopic (exact) mass is 390 g/mol. The summed E-state index contributed by atoms with van der Waals surface area (Å²) in [6.07, 6.45) is 6.51. The second-order valence-corrected chi connectivity index (χ2v) is 8.05. The number of hydrogen-bond donors (Lipinski definition) is 1. The molecule has 1 N–H and O–H groups in total. The molecule has 3 rings (SSSR count). The summed E-state index contributed by atoms with van der Waals surface area (Å²) in [5.41, 5.74) is 0.828. The number of thioether (sulfide) groups is 1. The molecule has 2 aliphatic rings. The van der Waals surface area contributed by atoms with E-state index in [2.05, 4.69) is 5.32 Å². The van der Waals surface area contributed by atoms with E-state index in [4.69, 9.17) is 17.0 Å². The number of ether oxygens (including phenoxy) is 1. The summed E-state index contributed by atoms with van der Waals surface area (Å²) >= 11 is 6.59. The summed E-state index contributed by atoms with van der Waals surface area (Å²) in [6.45, 7) is 0.312. The van der Waals surface area contributed by atoms with E-state index >= 15 is 0 Å². The Kier molecular flexibility index (Phi) is 6.32. The molecule has 1 aliphatic carbocycles. The topological polar surface area (TPSA) is 58.6 Å². The Labute approximate surface area is 163 Å². The predicted octanol–water partition coefficient (Wildman–Crippen LogP) is 3.35. The van der Waals surface area contributed by atoms with Gasteiger partial charge in [-0.05, 0) is 25.0 Å². The molecule has 7 heteroatoms. The standard InChI is InChI=1S/C19H22N2O3S2/c1-24-15-9-5-2-6-13(15)12-16-18(23)21(19(25)26-16)11-10-17(22)20-14-7-3-4-8-14/h2,5-6,9,12,14H,3-4,7-8,10-11H2,1H3,(H,20,22)/b16-12-. The van der Waals surface area contributed by atoms with E-state index in [9.17, 15) is 9.59 Å². The van der Waals surface area contributed by atoms with Gasteiger partial charge in [-0.2, -0.15) is 0 Å². The number of carbonyl (C=O) groups excluding carboxylic acids is 2. The molecule has 0 atom stereocenters. The van der Waals surface area contributed by atoms with E-state index in [-0.39, 0.29) is 18.2 Å². The van der Waals surface area contributed by atoms with Crippen LogP contribution in [0.4, 0.5) is 0 Å². The molecule has 0 spiro atoms. The number of para-hydroxylation sites is 1. The SMILES string of the molecule is COc1ccccc1/C=C1\SC(=S)N(CCC(=O)NC2CCCC2)C1=O. The lowest BCUT2D eigenvalue weighted by molar-refractivity contribution is -0.124. The summed E-state index contributed by atoms with van der Waals surface area (Å²) in [4.78, 5) is 26.8. The van der Waals surface area contributed by atoms with E-state index in [0.717, 1.165) is 18.4 Å². The summed E-state index contributed by atoms with van der Waals surface area (Å²) in [5.74, 6) is 0.535. The van der Waals surface area contributed by atoms with Crippen molar-refractivity contribution in [1.29, 1.82) is 0 Å². The van der Waals surface area contributed by atoms with E-state index in [1.165, 1.54) is 29.5 Å². The smallest absolute Gasteiger partial charge is 0.266 e. The molecule has 2 amide bonds. The second-order valence-electron chi connectivity index (χ2n) is 6.37. The first-order valence-electron chi connectivity index (χ1n) is 8.76. The van der Waals surface area contributed by atoms with Crippen LogP contribution in [0.15, 0.2) is 29.2 Å². The number of nitrogens with one attached hydrogen (secondary N) is 1. The van der Waals surface area contributed by atoms with Crippen molar-refractivity contribution < 1.29 is 14.3 Å². The molecule has 0 bridgehead atoms. The second kappa shape index (κ2) is 8.68. The number of hydrogen-bond acceptors (Lipinski definition) is 5. The van der Waals surface area contributed by atoms with Crippen LogP contribution in [0.5, 0.6) is 5.75 Å². The average Bonchev–Trinajstić information content (AvgIpc) is 3.22. The van der Waals surface area contributed by atoms with Crippen molar-refractivity contribution in [1.82, 2.24) is 10.2 Å². The lowest BCUT2D eigenvalue weighted by Crippen LogP contribution is -2.37. The van der Waals surface area contributed by atoms with Crippen LogP contribution in [0.25, 0.3) is 6.08 Å². The Hall–Kier alpha value is -1.86. The molecule has 2 fully saturated rings. The highest BCUT2D eigenvalue weighted by molar-refractivity contribution is 8.26. The first kappa shape index (κ1) is 18.9. The Morgan fingerprint density at radius 1 is 1.38 bits per heavy atom. The van der Waals surface area contributed by atoms with Gasteiger partial charge in [0.2, 0.25) is 5.91 Å². The summed E-state index contributed by atoms with van der Waals surface area (Å²) in [5, 5.41) is 3.04. The minimum absolute atomic E-state index is 0.0142. The van der Waals surface area contributed by atoms with Crippen molar-refractivity contribution in [2.45, 2.75) is 38.1 Å².